The van der Waals surface area contributed by atoms with E-state index in [1.165, 1.54) is 0 Å². The first kappa shape index (κ1) is 32.9. The van der Waals surface area contributed by atoms with Crippen LogP contribution in [0.1, 0.15) is 33.6 Å². The van der Waals surface area contributed by atoms with Gasteiger partial charge in [-0.25, -0.2) is 4.79 Å². The van der Waals surface area contributed by atoms with E-state index in [2.05, 4.69) is 58.2 Å². The Labute approximate surface area is 276 Å². The zero-order chi connectivity index (χ0) is 32.9. The fourth-order valence-electron chi connectivity index (χ4n) is 6.65. The summed E-state index contributed by atoms with van der Waals surface area (Å²) in [5.74, 6) is 1.45. The van der Waals surface area contributed by atoms with Crippen LogP contribution in [-0.4, -0.2) is 119 Å². The van der Waals surface area contributed by atoms with E-state index in [1.54, 1.807) is 0 Å². The van der Waals surface area contributed by atoms with Gasteiger partial charge in [-0.05, 0) is 82.1 Å². The van der Waals surface area contributed by atoms with Crippen molar-refractivity contribution in [2.75, 3.05) is 84.5 Å². The van der Waals surface area contributed by atoms with Crippen LogP contribution in [-0.2, 0) is 4.74 Å². The molecule has 4 N–H and O–H groups in total. The number of urea groups is 1. The molecule has 4 heterocycles. The highest BCUT2D eigenvalue weighted by molar-refractivity contribution is 5.99. The SMILES string of the molecule is CC(C)N1CCN(c2ccc(NC(=O)Nc3ccc(-c4nc(N5CCOCC5C)nc(N5C(CO)CCC5CO)n4)cc3)cc2)CC1. The Bertz CT molecular complexity index is 1470. The molecule has 13 nitrogen and oxygen atoms in total. The van der Waals surface area contributed by atoms with Crippen LogP contribution < -0.4 is 25.3 Å². The van der Waals surface area contributed by atoms with E-state index in [1.807, 2.05) is 41.3 Å². The van der Waals surface area contributed by atoms with E-state index in [0.717, 1.165) is 56.0 Å². The lowest BCUT2D eigenvalue weighted by atomic mass is 10.2. The van der Waals surface area contributed by atoms with E-state index in [0.29, 0.717) is 49.2 Å². The molecule has 252 valence electrons. The van der Waals surface area contributed by atoms with Crippen LogP contribution in [0.5, 0.6) is 0 Å². The van der Waals surface area contributed by atoms with Crippen LogP contribution in [0.15, 0.2) is 48.5 Å². The highest BCUT2D eigenvalue weighted by Crippen LogP contribution is 2.31. The predicted molar refractivity (Wildman–Crippen MR) is 184 cm³/mol. The summed E-state index contributed by atoms with van der Waals surface area (Å²) in [6.45, 7) is 12.3. The molecule has 0 aliphatic carbocycles. The Kier molecular flexibility index (Phi) is 10.4. The van der Waals surface area contributed by atoms with Gasteiger partial charge in [0.2, 0.25) is 11.9 Å². The summed E-state index contributed by atoms with van der Waals surface area (Å²) in [6, 6.07) is 15.3. The predicted octanol–water partition coefficient (Wildman–Crippen LogP) is 3.26. The van der Waals surface area contributed by atoms with Crippen LogP contribution in [0.2, 0.25) is 0 Å². The highest BCUT2D eigenvalue weighted by Gasteiger charge is 2.36. The third kappa shape index (κ3) is 7.59. The molecule has 0 radical (unpaired) electrons. The summed E-state index contributed by atoms with van der Waals surface area (Å²) >= 11 is 0. The van der Waals surface area contributed by atoms with Crippen molar-refractivity contribution in [2.24, 2.45) is 0 Å². The largest absolute Gasteiger partial charge is 0.394 e. The Morgan fingerprint density at radius 2 is 1.45 bits per heavy atom. The van der Waals surface area contributed by atoms with Crippen LogP contribution in [0.25, 0.3) is 11.4 Å². The minimum Gasteiger partial charge on any atom is -0.394 e. The van der Waals surface area contributed by atoms with Crippen molar-refractivity contribution in [3.8, 4) is 11.4 Å². The molecule has 0 saturated carbocycles. The van der Waals surface area contributed by atoms with Crippen molar-refractivity contribution in [2.45, 2.75) is 57.8 Å². The van der Waals surface area contributed by atoms with Gasteiger partial charge in [-0.1, -0.05) is 0 Å². The first-order valence-corrected chi connectivity index (χ1v) is 16.7. The zero-order valence-electron chi connectivity index (χ0n) is 27.5. The molecule has 0 bridgehead atoms. The minimum atomic E-state index is -0.332. The molecule has 3 aromatic rings. The van der Waals surface area contributed by atoms with E-state index in [9.17, 15) is 15.0 Å². The first-order valence-electron chi connectivity index (χ1n) is 16.7. The standard InChI is InChI=1S/C34H47N9O4/c1-23(2)40-14-16-41(17-15-40)28-10-8-27(9-11-28)36-34(46)35-26-6-4-25(5-7-26)31-37-32(42-18-19-47-22-24(42)3)39-33(38-31)43-29(20-44)12-13-30(43)21-45/h4-11,23-24,29-30,44-45H,12-22H2,1-3H3,(H2,35,36,46). The van der Waals surface area contributed by atoms with Gasteiger partial charge in [0.05, 0.1) is 44.6 Å². The van der Waals surface area contributed by atoms with Crippen molar-refractivity contribution in [3.05, 3.63) is 48.5 Å². The van der Waals surface area contributed by atoms with Crippen molar-refractivity contribution >= 4 is 35.0 Å². The molecule has 3 aliphatic heterocycles. The lowest BCUT2D eigenvalue weighted by Crippen LogP contribution is -2.48. The Hall–Kier alpha value is -4.04. The average molecular weight is 646 g/mol. The van der Waals surface area contributed by atoms with Gasteiger partial charge < -0.3 is 40.3 Å². The van der Waals surface area contributed by atoms with Crippen molar-refractivity contribution in [1.82, 2.24) is 19.9 Å². The molecule has 6 rings (SSSR count). The zero-order valence-corrected chi connectivity index (χ0v) is 27.5. The number of aliphatic hydroxyl groups excluding tert-OH is 2. The summed E-state index contributed by atoms with van der Waals surface area (Å²) in [5.41, 5.74) is 3.26. The van der Waals surface area contributed by atoms with Gasteiger partial charge in [0.25, 0.3) is 0 Å². The summed E-state index contributed by atoms with van der Waals surface area (Å²) in [4.78, 5) is 36.2. The molecule has 2 aromatic carbocycles. The molecule has 47 heavy (non-hydrogen) atoms. The number of nitrogens with zero attached hydrogens (tertiary/aromatic N) is 7. The number of piperazine rings is 1. The fourth-order valence-corrected chi connectivity index (χ4v) is 6.65. The van der Waals surface area contributed by atoms with E-state index < -0.39 is 0 Å². The number of carbonyl (C=O) groups is 1. The van der Waals surface area contributed by atoms with Gasteiger partial charge in [-0.2, -0.15) is 15.0 Å². The monoisotopic (exact) mass is 645 g/mol. The third-order valence-electron chi connectivity index (χ3n) is 9.44. The summed E-state index contributed by atoms with van der Waals surface area (Å²) in [7, 11) is 0. The van der Waals surface area contributed by atoms with E-state index in [-0.39, 0.29) is 37.4 Å². The molecular formula is C34H47N9O4. The molecule has 3 fully saturated rings. The number of morpholine rings is 1. The van der Waals surface area contributed by atoms with Gasteiger partial charge in [-0.15, -0.1) is 0 Å². The number of anilines is 5. The second kappa shape index (κ2) is 14.8. The molecule has 3 atom stereocenters. The maximum absolute atomic E-state index is 12.9. The number of rotatable bonds is 9. The van der Waals surface area contributed by atoms with E-state index in [4.69, 9.17) is 19.7 Å². The number of hydrogen-bond acceptors (Lipinski definition) is 11. The topological polar surface area (TPSA) is 142 Å². The Morgan fingerprint density at radius 3 is 2.02 bits per heavy atom. The molecule has 3 unspecified atom stereocenters. The molecule has 2 amide bonds. The fraction of sp³-hybridized carbons (Fsp3) is 0.529. The molecule has 0 spiro atoms. The van der Waals surface area contributed by atoms with Gasteiger partial charge in [-0.3, -0.25) is 4.90 Å². The summed E-state index contributed by atoms with van der Waals surface area (Å²) in [6.07, 6.45) is 1.49. The second-order valence-corrected chi connectivity index (χ2v) is 12.9. The number of aromatic nitrogens is 3. The molecule has 13 heteroatoms. The maximum Gasteiger partial charge on any atom is 0.323 e. The second-order valence-electron chi connectivity index (χ2n) is 12.9. The molecular weight excluding hydrogens is 598 g/mol. The molecule has 3 saturated heterocycles. The number of benzene rings is 2. The number of carbonyl (C=O) groups excluding carboxylic acids is 1. The number of nitrogens with one attached hydrogen (secondary N) is 2. The average Bonchev–Trinajstić information content (AvgIpc) is 3.52. The van der Waals surface area contributed by atoms with Gasteiger partial charge in [0.1, 0.15) is 0 Å². The van der Waals surface area contributed by atoms with Gasteiger partial charge >= 0.3 is 6.03 Å². The summed E-state index contributed by atoms with van der Waals surface area (Å²) < 4.78 is 5.64. The summed E-state index contributed by atoms with van der Waals surface area (Å²) in [5, 5.41) is 26.0. The lowest BCUT2D eigenvalue weighted by molar-refractivity contribution is 0.0981. The minimum absolute atomic E-state index is 0.0525. The molecule has 1 aromatic heterocycles. The van der Waals surface area contributed by atoms with Gasteiger partial charge in [0, 0.05) is 61.4 Å². The lowest BCUT2D eigenvalue weighted by Gasteiger charge is -2.38. The van der Waals surface area contributed by atoms with Crippen molar-refractivity contribution in [3.63, 3.8) is 0 Å². The van der Waals surface area contributed by atoms with E-state index >= 15 is 0 Å². The Morgan fingerprint density at radius 1 is 0.851 bits per heavy atom. The van der Waals surface area contributed by atoms with Crippen molar-refractivity contribution in [1.29, 1.82) is 0 Å². The van der Waals surface area contributed by atoms with Crippen LogP contribution in [0.4, 0.5) is 33.8 Å². The number of amides is 2. The molecule has 3 aliphatic rings. The maximum atomic E-state index is 12.9. The quantitative estimate of drug-likeness (QED) is 0.272. The van der Waals surface area contributed by atoms with Crippen molar-refractivity contribution < 1.29 is 19.7 Å². The van der Waals surface area contributed by atoms with Crippen LogP contribution >= 0.6 is 0 Å². The Balaban J connectivity index is 1.14. The third-order valence-corrected chi connectivity index (χ3v) is 9.44. The number of ether oxygens (including phenoxy) is 1. The van der Waals surface area contributed by atoms with Crippen LogP contribution in [0.3, 0.4) is 0 Å². The number of hydrogen-bond donors (Lipinski definition) is 4. The highest BCUT2D eigenvalue weighted by atomic mass is 16.5. The smallest absolute Gasteiger partial charge is 0.323 e. The van der Waals surface area contributed by atoms with Crippen LogP contribution in [0, 0.1) is 0 Å². The normalized spacial score (nSPS) is 22.2. The number of aliphatic hydroxyl groups is 2. The van der Waals surface area contributed by atoms with Gasteiger partial charge in [0.15, 0.2) is 5.82 Å². The first-order chi connectivity index (χ1) is 22.8.